The molecule has 6 nitrogen and oxygen atoms in total. The van der Waals surface area contributed by atoms with E-state index in [-0.39, 0.29) is 17.2 Å². The second-order valence-corrected chi connectivity index (χ2v) is 9.20. The van der Waals surface area contributed by atoms with E-state index in [2.05, 4.69) is 44.9 Å². The molecule has 0 radical (unpaired) electrons. The van der Waals surface area contributed by atoms with Crippen molar-refractivity contribution in [2.24, 2.45) is 0 Å². The fraction of sp³-hybridized carbons (Fsp3) is 0.750. The van der Waals surface area contributed by atoms with Gasteiger partial charge in [0.15, 0.2) is 5.79 Å². The molecule has 2 saturated heterocycles. The minimum atomic E-state index is -0.573. The first-order chi connectivity index (χ1) is 14.3. The highest BCUT2D eigenvalue weighted by Crippen LogP contribution is 2.48. The first-order valence-electron chi connectivity index (χ1n) is 11.2. The molecule has 30 heavy (non-hydrogen) atoms. The van der Waals surface area contributed by atoms with E-state index < -0.39 is 5.79 Å². The monoisotopic (exact) mass is 421 g/mol. The van der Waals surface area contributed by atoms with Crippen LogP contribution in [0.2, 0.25) is 0 Å². The summed E-state index contributed by atoms with van der Waals surface area (Å²) in [6.45, 7) is 11.0. The van der Waals surface area contributed by atoms with Gasteiger partial charge in [0.05, 0.1) is 18.8 Å². The van der Waals surface area contributed by atoms with Crippen molar-refractivity contribution in [2.75, 3.05) is 34.0 Å². The molecular formula is C24H39NO5. The van der Waals surface area contributed by atoms with E-state index in [9.17, 15) is 0 Å². The topological polar surface area (TPSA) is 52.7 Å². The molecular weight excluding hydrogens is 382 g/mol. The van der Waals surface area contributed by atoms with Crippen molar-refractivity contribution < 1.29 is 23.8 Å². The molecule has 0 N–H and O–H groups in total. The van der Waals surface area contributed by atoms with Crippen LogP contribution in [0.15, 0.2) is 24.3 Å². The Balaban J connectivity index is 1.62. The molecule has 1 atom stereocenters. The van der Waals surface area contributed by atoms with E-state index in [1.54, 1.807) is 14.2 Å². The lowest BCUT2D eigenvalue weighted by Gasteiger charge is -2.59. The molecule has 1 aromatic rings. The molecule has 2 fully saturated rings. The molecule has 0 aliphatic carbocycles. The summed E-state index contributed by atoms with van der Waals surface area (Å²) >= 11 is 0. The Morgan fingerprint density at radius 3 is 2.20 bits per heavy atom. The van der Waals surface area contributed by atoms with Crippen molar-refractivity contribution in [3.05, 3.63) is 29.8 Å². The quantitative estimate of drug-likeness (QED) is 0.391. The lowest BCUT2D eigenvalue weighted by atomic mass is 9.73. The molecule has 2 heterocycles. The lowest BCUT2D eigenvalue weighted by molar-refractivity contribution is -0.355. The third kappa shape index (κ3) is 5.17. The number of piperidine rings is 1. The molecule has 0 bridgehead atoms. The number of epoxide rings is 1. The normalized spacial score (nSPS) is 24.5. The summed E-state index contributed by atoms with van der Waals surface area (Å²) < 4.78 is 22.6. The summed E-state index contributed by atoms with van der Waals surface area (Å²) in [5.41, 5.74) is 0.899. The predicted molar refractivity (Wildman–Crippen MR) is 117 cm³/mol. The average molecular weight is 422 g/mol. The van der Waals surface area contributed by atoms with Gasteiger partial charge in [-0.15, -0.1) is 0 Å². The second kappa shape index (κ2) is 9.53. The molecule has 0 saturated carbocycles. The third-order valence-corrected chi connectivity index (χ3v) is 6.71. The summed E-state index contributed by atoms with van der Waals surface area (Å²) in [5.74, 6) is 0.315. The predicted octanol–water partition coefficient (Wildman–Crippen LogP) is 4.36. The third-order valence-electron chi connectivity index (χ3n) is 6.71. The fourth-order valence-electron chi connectivity index (χ4n) is 4.84. The van der Waals surface area contributed by atoms with Crippen LogP contribution >= 0.6 is 0 Å². The number of nitrogens with zero attached hydrogens (tertiary/aromatic N) is 1. The van der Waals surface area contributed by atoms with E-state index in [0.717, 1.165) is 44.5 Å². The molecule has 2 aliphatic heterocycles. The van der Waals surface area contributed by atoms with Crippen LogP contribution in [0.25, 0.3) is 0 Å². The Hall–Kier alpha value is -1.18. The highest BCUT2D eigenvalue weighted by atomic mass is 16.7. The SMILES string of the molecule is CCC1(CC)CC(OC)(OC)CC(C)(C)N1OCCc1ccc(OCC2CO2)cc1. The van der Waals surface area contributed by atoms with Gasteiger partial charge >= 0.3 is 0 Å². The van der Waals surface area contributed by atoms with Gasteiger partial charge in [-0.05, 0) is 50.8 Å². The van der Waals surface area contributed by atoms with Gasteiger partial charge < -0.3 is 18.9 Å². The van der Waals surface area contributed by atoms with Gasteiger partial charge in [-0.1, -0.05) is 26.0 Å². The summed E-state index contributed by atoms with van der Waals surface area (Å²) in [5, 5.41) is 2.24. The Morgan fingerprint density at radius 2 is 1.67 bits per heavy atom. The van der Waals surface area contributed by atoms with E-state index in [1.165, 1.54) is 5.56 Å². The number of hydrogen-bond acceptors (Lipinski definition) is 6. The van der Waals surface area contributed by atoms with Gasteiger partial charge in [-0.2, -0.15) is 5.06 Å². The standard InChI is InChI=1S/C24H39NO5/c1-7-23(8-2)18-24(26-5,27-6)17-22(3,4)25(23)30-14-13-19-9-11-20(12-10-19)28-15-21-16-29-21/h9-12,21H,7-8,13-18H2,1-6H3. The summed E-state index contributed by atoms with van der Waals surface area (Å²) in [6.07, 6.45) is 4.61. The molecule has 0 aromatic heterocycles. The number of ether oxygens (including phenoxy) is 4. The van der Waals surface area contributed by atoms with Gasteiger partial charge in [0.25, 0.3) is 0 Å². The van der Waals surface area contributed by atoms with Crippen molar-refractivity contribution in [3.8, 4) is 5.75 Å². The summed E-state index contributed by atoms with van der Waals surface area (Å²) in [6, 6.07) is 8.27. The Kier molecular flexibility index (Phi) is 7.46. The highest BCUT2D eigenvalue weighted by molar-refractivity contribution is 5.27. The van der Waals surface area contributed by atoms with Gasteiger partial charge in [0.1, 0.15) is 18.5 Å². The van der Waals surface area contributed by atoms with Crippen molar-refractivity contribution in [1.29, 1.82) is 0 Å². The number of rotatable bonds is 11. The van der Waals surface area contributed by atoms with Crippen LogP contribution in [0.3, 0.4) is 0 Å². The Labute approximate surface area is 181 Å². The van der Waals surface area contributed by atoms with Crippen molar-refractivity contribution in [3.63, 3.8) is 0 Å². The van der Waals surface area contributed by atoms with Crippen LogP contribution < -0.4 is 4.74 Å². The molecule has 1 aromatic carbocycles. The molecule has 170 valence electrons. The number of benzene rings is 1. The van der Waals surface area contributed by atoms with E-state index in [1.807, 2.05) is 12.1 Å². The van der Waals surface area contributed by atoms with Crippen LogP contribution in [0.5, 0.6) is 5.75 Å². The van der Waals surface area contributed by atoms with Crippen LogP contribution in [0.1, 0.15) is 58.9 Å². The summed E-state index contributed by atoms with van der Waals surface area (Å²) in [7, 11) is 3.49. The van der Waals surface area contributed by atoms with Crippen molar-refractivity contribution >= 4 is 0 Å². The molecule has 6 heteroatoms. The van der Waals surface area contributed by atoms with Gasteiger partial charge in [-0.3, -0.25) is 4.84 Å². The van der Waals surface area contributed by atoms with E-state index in [0.29, 0.717) is 13.2 Å². The van der Waals surface area contributed by atoms with Crippen LogP contribution in [0, 0.1) is 0 Å². The molecule has 0 spiro atoms. The summed E-state index contributed by atoms with van der Waals surface area (Å²) in [4.78, 5) is 6.47. The zero-order chi connectivity index (χ0) is 21.8. The van der Waals surface area contributed by atoms with Crippen molar-refractivity contribution in [2.45, 2.75) is 82.8 Å². The maximum absolute atomic E-state index is 6.47. The van der Waals surface area contributed by atoms with Gasteiger partial charge in [0, 0.05) is 32.6 Å². The average Bonchev–Trinajstić information content (AvgIpc) is 3.58. The zero-order valence-corrected chi connectivity index (χ0v) is 19.5. The van der Waals surface area contributed by atoms with E-state index in [4.69, 9.17) is 23.8 Å². The Morgan fingerprint density at radius 1 is 1.03 bits per heavy atom. The van der Waals surface area contributed by atoms with Crippen LogP contribution in [0.4, 0.5) is 0 Å². The second-order valence-electron chi connectivity index (χ2n) is 9.20. The molecule has 1 unspecified atom stereocenters. The van der Waals surface area contributed by atoms with Gasteiger partial charge in [-0.25, -0.2) is 0 Å². The molecule has 2 aliphatic rings. The number of hydroxylamine groups is 2. The number of hydrogen-bond donors (Lipinski definition) is 0. The van der Waals surface area contributed by atoms with Gasteiger partial charge in [0.2, 0.25) is 0 Å². The van der Waals surface area contributed by atoms with E-state index >= 15 is 0 Å². The first kappa shape index (κ1) is 23.5. The Bertz CT molecular complexity index is 663. The highest BCUT2D eigenvalue weighted by Gasteiger charge is 2.56. The largest absolute Gasteiger partial charge is 0.491 e. The van der Waals surface area contributed by atoms with Crippen LogP contribution in [-0.4, -0.2) is 62.1 Å². The van der Waals surface area contributed by atoms with Crippen LogP contribution in [-0.2, 0) is 25.5 Å². The minimum Gasteiger partial charge on any atom is -0.491 e. The molecule has 3 rings (SSSR count). The first-order valence-corrected chi connectivity index (χ1v) is 11.2. The zero-order valence-electron chi connectivity index (χ0n) is 19.5. The number of methoxy groups -OCH3 is 2. The van der Waals surface area contributed by atoms with Crippen molar-refractivity contribution in [1.82, 2.24) is 5.06 Å². The maximum Gasteiger partial charge on any atom is 0.171 e. The minimum absolute atomic E-state index is 0.129. The molecule has 0 amide bonds. The maximum atomic E-state index is 6.47. The smallest absolute Gasteiger partial charge is 0.171 e. The lowest BCUT2D eigenvalue weighted by Crippen LogP contribution is -2.68. The fourth-order valence-corrected chi connectivity index (χ4v) is 4.84.